The summed E-state index contributed by atoms with van der Waals surface area (Å²) in [5.74, 6) is 0. The molecule has 0 aromatic heterocycles. The van der Waals surface area contributed by atoms with E-state index in [4.69, 9.17) is 0 Å². The van der Waals surface area contributed by atoms with Crippen molar-refractivity contribution in [3.8, 4) is 0 Å². The quantitative estimate of drug-likeness (QED) is 0.0493. The molecule has 0 aromatic rings. The van der Waals surface area contributed by atoms with Crippen molar-refractivity contribution in [2.45, 2.75) is 245 Å². The molecule has 0 unspecified atom stereocenters. The molecule has 0 aliphatic heterocycles. The fourth-order valence-electron chi connectivity index (χ4n) is 6.63. The maximum atomic E-state index is 12.0. The fourth-order valence-corrected chi connectivity index (χ4v) is 6.63. The monoisotopic (exact) mass is 673 g/mol. The van der Waals surface area contributed by atoms with Crippen LogP contribution in [0.1, 0.15) is 245 Å². The van der Waals surface area contributed by atoms with Gasteiger partial charge in [0.05, 0.1) is 0 Å². The molecule has 0 rings (SSSR count). The molecule has 0 heterocycles. The second-order valence-electron chi connectivity index (χ2n) is 14.9. The number of carbonyl (C=O) groups excluding carboxylic acids is 1. The van der Waals surface area contributed by atoms with Crippen LogP contribution in [0.4, 0.5) is 4.79 Å². The number of hydrogen-bond donors (Lipinski definition) is 2. The number of rotatable bonds is 40. The van der Waals surface area contributed by atoms with Crippen molar-refractivity contribution < 1.29 is 4.79 Å². The molecule has 2 N–H and O–H groups in total. The van der Waals surface area contributed by atoms with Crippen LogP contribution in [-0.2, 0) is 0 Å². The zero-order chi connectivity index (χ0) is 34.7. The number of unbranched alkanes of at least 4 members (excludes halogenated alkanes) is 32. The van der Waals surface area contributed by atoms with E-state index < -0.39 is 0 Å². The van der Waals surface area contributed by atoms with Crippen molar-refractivity contribution in [2.75, 3.05) is 13.1 Å². The summed E-state index contributed by atoms with van der Waals surface area (Å²) in [7, 11) is 0. The summed E-state index contributed by atoms with van der Waals surface area (Å²) in [5, 5.41) is 6.09. The molecule has 0 aliphatic rings. The van der Waals surface area contributed by atoms with Crippen LogP contribution in [0, 0.1) is 0 Å². The summed E-state index contributed by atoms with van der Waals surface area (Å²) in [4.78, 5) is 12.0. The van der Waals surface area contributed by atoms with Gasteiger partial charge in [0, 0.05) is 13.1 Å². The van der Waals surface area contributed by atoms with Crippen LogP contribution >= 0.6 is 0 Å². The molecular weight excluding hydrogens is 585 g/mol. The minimum atomic E-state index is 0.0246. The highest BCUT2D eigenvalue weighted by molar-refractivity contribution is 5.73. The van der Waals surface area contributed by atoms with E-state index in [9.17, 15) is 4.79 Å². The number of urea groups is 1. The lowest BCUT2D eigenvalue weighted by Crippen LogP contribution is -2.36. The highest BCUT2D eigenvalue weighted by Crippen LogP contribution is 2.14. The summed E-state index contributed by atoms with van der Waals surface area (Å²) in [5.41, 5.74) is 0. The van der Waals surface area contributed by atoms with Crippen molar-refractivity contribution in [1.29, 1.82) is 0 Å². The molecule has 284 valence electrons. The Balaban J connectivity index is 3.20. The Morgan fingerprint density at radius 3 is 0.771 bits per heavy atom. The predicted molar refractivity (Wildman–Crippen MR) is 217 cm³/mol. The second kappa shape index (κ2) is 43.8. The molecule has 48 heavy (non-hydrogen) atoms. The minimum Gasteiger partial charge on any atom is -0.338 e. The normalized spacial score (nSPS) is 11.7. The molecule has 0 aliphatic carbocycles. The van der Waals surface area contributed by atoms with Crippen LogP contribution in [-0.4, -0.2) is 19.1 Å². The topological polar surface area (TPSA) is 41.1 Å². The molecule has 3 nitrogen and oxygen atoms in total. The molecule has 2 amide bonds. The number of nitrogens with one attached hydrogen (secondary N) is 2. The number of hydrogen-bond acceptors (Lipinski definition) is 1. The van der Waals surface area contributed by atoms with Crippen molar-refractivity contribution in [1.82, 2.24) is 10.6 Å². The van der Waals surface area contributed by atoms with Gasteiger partial charge in [-0.2, -0.15) is 0 Å². The van der Waals surface area contributed by atoms with Crippen molar-refractivity contribution >= 4 is 6.03 Å². The zero-order valence-electron chi connectivity index (χ0n) is 33.1. The van der Waals surface area contributed by atoms with Gasteiger partial charge in [-0.25, -0.2) is 4.79 Å². The molecule has 3 heteroatoms. The Morgan fingerprint density at radius 1 is 0.312 bits per heavy atom. The lowest BCUT2D eigenvalue weighted by atomic mass is 10.1. The molecule has 0 radical (unpaired) electrons. The predicted octanol–water partition coefficient (Wildman–Crippen LogP) is 15.5. The van der Waals surface area contributed by atoms with E-state index >= 15 is 0 Å². The summed E-state index contributed by atoms with van der Waals surface area (Å²) >= 11 is 0. The van der Waals surface area contributed by atoms with Crippen LogP contribution < -0.4 is 10.6 Å². The zero-order valence-corrected chi connectivity index (χ0v) is 33.1. The van der Waals surface area contributed by atoms with Crippen LogP contribution in [0.3, 0.4) is 0 Å². The minimum absolute atomic E-state index is 0.0246. The largest absolute Gasteiger partial charge is 0.338 e. The van der Waals surface area contributed by atoms with Gasteiger partial charge in [0.1, 0.15) is 0 Å². The number of amides is 2. The summed E-state index contributed by atoms with van der Waals surface area (Å²) in [6.45, 7) is 6.21. The molecular formula is C45H88N2O. The van der Waals surface area contributed by atoms with Gasteiger partial charge >= 0.3 is 6.03 Å². The highest BCUT2D eigenvalue weighted by Gasteiger charge is 2.00. The van der Waals surface area contributed by atoms with Crippen molar-refractivity contribution in [3.63, 3.8) is 0 Å². The van der Waals surface area contributed by atoms with E-state index in [1.165, 1.54) is 218 Å². The average Bonchev–Trinajstić information content (AvgIpc) is 3.09. The Labute approximate surface area is 303 Å². The Hall–Kier alpha value is -1.25. The van der Waals surface area contributed by atoms with Crippen LogP contribution in [0.25, 0.3) is 0 Å². The van der Waals surface area contributed by atoms with Crippen molar-refractivity contribution in [3.05, 3.63) is 24.3 Å². The van der Waals surface area contributed by atoms with Gasteiger partial charge in [0.2, 0.25) is 0 Å². The SMILES string of the molecule is CCCCCCCC/C=C\CCCCCCCCCCCCNC(=O)NCCCCCCCCCCCC/C=C\CCCCCCCC. The first kappa shape index (κ1) is 46.8. The summed E-state index contributed by atoms with van der Waals surface area (Å²) in [6, 6.07) is 0.0246. The smallest absolute Gasteiger partial charge is 0.314 e. The van der Waals surface area contributed by atoms with E-state index in [1.807, 2.05) is 0 Å². The van der Waals surface area contributed by atoms with E-state index in [1.54, 1.807) is 0 Å². The van der Waals surface area contributed by atoms with Gasteiger partial charge in [-0.05, 0) is 64.2 Å². The lowest BCUT2D eigenvalue weighted by Gasteiger charge is -2.08. The van der Waals surface area contributed by atoms with Gasteiger partial charge in [0.25, 0.3) is 0 Å². The second-order valence-corrected chi connectivity index (χ2v) is 14.9. The van der Waals surface area contributed by atoms with Crippen LogP contribution in [0.15, 0.2) is 24.3 Å². The summed E-state index contributed by atoms with van der Waals surface area (Å²) < 4.78 is 0. The van der Waals surface area contributed by atoms with Gasteiger partial charge in [-0.3, -0.25) is 0 Å². The molecule has 0 fully saturated rings. The molecule has 0 bridgehead atoms. The van der Waals surface area contributed by atoms with Gasteiger partial charge in [-0.15, -0.1) is 0 Å². The lowest BCUT2D eigenvalue weighted by molar-refractivity contribution is 0.240. The highest BCUT2D eigenvalue weighted by atomic mass is 16.2. The van der Waals surface area contributed by atoms with Gasteiger partial charge < -0.3 is 10.6 Å². The number of allylic oxidation sites excluding steroid dienone is 4. The molecule has 0 aromatic carbocycles. The summed E-state index contributed by atoms with van der Waals surface area (Å²) in [6.07, 6.45) is 58.3. The third-order valence-corrected chi connectivity index (χ3v) is 9.95. The van der Waals surface area contributed by atoms with Crippen LogP contribution in [0.5, 0.6) is 0 Å². The maximum absolute atomic E-state index is 12.0. The number of carbonyl (C=O) groups is 1. The molecule has 0 atom stereocenters. The Morgan fingerprint density at radius 2 is 0.521 bits per heavy atom. The Kier molecular flexibility index (Phi) is 42.6. The average molecular weight is 673 g/mol. The van der Waals surface area contributed by atoms with Crippen molar-refractivity contribution in [2.24, 2.45) is 0 Å². The molecule has 0 saturated heterocycles. The first-order valence-corrected chi connectivity index (χ1v) is 22.1. The molecule has 0 saturated carbocycles. The van der Waals surface area contributed by atoms with E-state index in [-0.39, 0.29) is 6.03 Å². The van der Waals surface area contributed by atoms with Crippen LogP contribution in [0.2, 0.25) is 0 Å². The Bertz CT molecular complexity index is 603. The maximum Gasteiger partial charge on any atom is 0.314 e. The third kappa shape index (κ3) is 42.8. The van der Waals surface area contributed by atoms with Gasteiger partial charge in [-0.1, -0.05) is 205 Å². The standard InChI is InChI=1S/C45H88N2O/c1-3-5-7-9-11-13-15-17-19-21-23-25-27-29-31-33-35-37-39-41-43-46-45(48)47-44-42-40-38-36-34-32-30-28-26-24-22-20-18-16-14-12-10-8-6-4-2/h17-20H,3-16,21-44H2,1-2H3,(H2,46,47,48)/b19-17-,20-18-. The molecule has 0 spiro atoms. The first-order chi connectivity index (χ1) is 23.8. The van der Waals surface area contributed by atoms with E-state index in [0.717, 1.165) is 25.9 Å². The van der Waals surface area contributed by atoms with E-state index in [0.29, 0.717) is 0 Å². The fraction of sp³-hybridized carbons (Fsp3) is 0.889. The first-order valence-electron chi connectivity index (χ1n) is 22.1. The van der Waals surface area contributed by atoms with Gasteiger partial charge in [0.15, 0.2) is 0 Å². The third-order valence-electron chi connectivity index (χ3n) is 9.95. The van der Waals surface area contributed by atoms with E-state index in [2.05, 4.69) is 48.8 Å².